The summed E-state index contributed by atoms with van der Waals surface area (Å²) < 4.78 is 5.14. The Kier molecular flexibility index (Phi) is 7.88. The second-order valence-corrected chi connectivity index (χ2v) is 6.18. The number of anilines is 1. The maximum Gasteiger partial charge on any atom is 0.407 e. The van der Waals surface area contributed by atoms with Gasteiger partial charge in [0.1, 0.15) is 5.60 Å². The lowest BCUT2D eigenvalue weighted by Gasteiger charge is -2.19. The average molecular weight is 318 g/mol. The zero-order valence-corrected chi connectivity index (χ0v) is 14.1. The van der Waals surface area contributed by atoms with Crippen molar-refractivity contribution >= 4 is 17.7 Å². The molecule has 2 amide bonds. The highest BCUT2D eigenvalue weighted by molar-refractivity contribution is 5.99. The summed E-state index contributed by atoms with van der Waals surface area (Å²) in [5.74, 6) is -0.136. The third-order valence-corrected chi connectivity index (χ3v) is 2.78. The third kappa shape index (κ3) is 10.1. The van der Waals surface area contributed by atoms with Crippen LogP contribution in [-0.2, 0) is 9.53 Å². The molecule has 0 saturated carbocycles. The molecule has 0 aliphatic heterocycles. The van der Waals surface area contributed by atoms with Crippen molar-refractivity contribution in [2.45, 2.75) is 45.6 Å². The highest BCUT2D eigenvalue weighted by Crippen LogP contribution is 2.07. The summed E-state index contributed by atoms with van der Waals surface area (Å²) in [6.07, 6.45) is 5.50. The molecule has 0 radical (unpaired) electrons. The van der Waals surface area contributed by atoms with Crippen molar-refractivity contribution in [2.75, 3.05) is 11.9 Å². The van der Waals surface area contributed by atoms with Gasteiger partial charge in [-0.1, -0.05) is 24.3 Å². The van der Waals surface area contributed by atoms with Crippen molar-refractivity contribution in [3.05, 3.63) is 42.5 Å². The molecule has 0 bridgehead atoms. The van der Waals surface area contributed by atoms with Crippen molar-refractivity contribution in [3.63, 3.8) is 0 Å². The van der Waals surface area contributed by atoms with Gasteiger partial charge < -0.3 is 15.4 Å². The first-order valence-corrected chi connectivity index (χ1v) is 7.86. The van der Waals surface area contributed by atoms with Gasteiger partial charge in [-0.2, -0.15) is 0 Å². The first kappa shape index (κ1) is 18.7. The molecular weight excluding hydrogens is 292 g/mol. The largest absolute Gasteiger partial charge is 0.444 e. The van der Waals surface area contributed by atoms with Crippen molar-refractivity contribution in [1.29, 1.82) is 0 Å². The summed E-state index contributed by atoms with van der Waals surface area (Å²) in [5, 5.41) is 5.49. The number of ether oxygens (including phenoxy) is 1. The number of carbonyl (C=O) groups excluding carboxylic acids is 2. The summed E-state index contributed by atoms with van der Waals surface area (Å²) in [6.45, 7) is 6.06. The van der Waals surface area contributed by atoms with Crippen LogP contribution >= 0.6 is 0 Å². The van der Waals surface area contributed by atoms with E-state index in [-0.39, 0.29) is 5.91 Å². The minimum absolute atomic E-state index is 0.136. The maximum atomic E-state index is 11.7. The molecule has 0 unspecified atom stereocenters. The zero-order chi connectivity index (χ0) is 17.1. The smallest absolute Gasteiger partial charge is 0.407 e. The first-order chi connectivity index (χ1) is 10.9. The van der Waals surface area contributed by atoms with Crippen molar-refractivity contribution in [1.82, 2.24) is 5.32 Å². The van der Waals surface area contributed by atoms with E-state index >= 15 is 0 Å². The first-order valence-electron chi connectivity index (χ1n) is 7.86. The Morgan fingerprint density at radius 3 is 2.48 bits per heavy atom. The van der Waals surface area contributed by atoms with Crippen molar-refractivity contribution in [3.8, 4) is 0 Å². The predicted molar refractivity (Wildman–Crippen MR) is 92.3 cm³/mol. The Morgan fingerprint density at radius 2 is 1.83 bits per heavy atom. The van der Waals surface area contributed by atoms with Crippen LogP contribution in [0.2, 0.25) is 0 Å². The molecule has 0 heterocycles. The van der Waals surface area contributed by atoms with Crippen LogP contribution in [0.4, 0.5) is 10.5 Å². The number of allylic oxidation sites excluding steroid dienone is 1. The van der Waals surface area contributed by atoms with Crippen LogP contribution in [0.5, 0.6) is 0 Å². The highest BCUT2D eigenvalue weighted by Gasteiger charge is 2.15. The molecule has 0 aliphatic rings. The van der Waals surface area contributed by atoms with E-state index in [2.05, 4.69) is 10.6 Å². The van der Waals surface area contributed by atoms with Gasteiger partial charge in [0, 0.05) is 12.2 Å². The number of hydrogen-bond acceptors (Lipinski definition) is 3. The van der Waals surface area contributed by atoms with Crippen molar-refractivity contribution in [2.24, 2.45) is 0 Å². The number of hydrogen-bond donors (Lipinski definition) is 2. The van der Waals surface area contributed by atoms with E-state index in [4.69, 9.17) is 4.74 Å². The summed E-state index contributed by atoms with van der Waals surface area (Å²) in [4.78, 5) is 23.1. The van der Waals surface area contributed by atoms with Crippen LogP contribution in [0, 0.1) is 0 Å². The molecule has 1 aromatic carbocycles. The molecule has 5 heteroatoms. The molecule has 0 fully saturated rings. The normalized spacial score (nSPS) is 11.3. The average Bonchev–Trinajstić information content (AvgIpc) is 2.45. The lowest BCUT2D eigenvalue weighted by atomic mass is 10.2. The summed E-state index contributed by atoms with van der Waals surface area (Å²) in [7, 11) is 0. The van der Waals surface area contributed by atoms with Gasteiger partial charge in [-0.15, -0.1) is 0 Å². The molecule has 23 heavy (non-hydrogen) atoms. The second-order valence-electron chi connectivity index (χ2n) is 6.18. The number of carbonyl (C=O) groups is 2. The zero-order valence-electron chi connectivity index (χ0n) is 14.1. The monoisotopic (exact) mass is 318 g/mol. The van der Waals surface area contributed by atoms with Crippen LogP contribution in [0.15, 0.2) is 42.5 Å². The summed E-state index contributed by atoms with van der Waals surface area (Å²) in [5.41, 5.74) is 0.308. The lowest BCUT2D eigenvalue weighted by Crippen LogP contribution is -2.32. The minimum Gasteiger partial charge on any atom is -0.444 e. The molecule has 0 spiro atoms. The quantitative estimate of drug-likeness (QED) is 0.592. The predicted octanol–water partition coefficient (Wildman–Crippen LogP) is 3.88. The number of unbranched alkanes of at least 4 members (excludes halogenated alkanes) is 2. The Bertz CT molecular complexity index is 519. The fourth-order valence-electron chi connectivity index (χ4n) is 1.79. The van der Waals surface area contributed by atoms with Crippen LogP contribution in [-0.4, -0.2) is 24.1 Å². The number of alkyl carbamates (subject to hydrolysis) is 1. The van der Waals surface area contributed by atoms with Gasteiger partial charge in [0.15, 0.2) is 0 Å². The molecular formula is C18H26N2O3. The number of amides is 2. The molecule has 1 rings (SSSR count). The molecule has 1 aromatic rings. The van der Waals surface area contributed by atoms with Gasteiger partial charge in [-0.05, 0) is 58.2 Å². The SMILES string of the molecule is CC(C)(C)OC(=O)NCCCC/C=C/C(=O)Nc1ccccc1. The van der Waals surface area contributed by atoms with Gasteiger partial charge in [-0.3, -0.25) is 4.79 Å². The van der Waals surface area contributed by atoms with Gasteiger partial charge in [0.2, 0.25) is 5.91 Å². The molecule has 126 valence electrons. The van der Waals surface area contributed by atoms with E-state index in [0.717, 1.165) is 24.9 Å². The Labute approximate surface area is 138 Å². The van der Waals surface area contributed by atoms with Crippen LogP contribution < -0.4 is 10.6 Å². The molecule has 0 atom stereocenters. The lowest BCUT2D eigenvalue weighted by molar-refractivity contribution is -0.111. The Hall–Kier alpha value is -2.30. The second kappa shape index (κ2) is 9.66. The van der Waals surface area contributed by atoms with Gasteiger partial charge >= 0.3 is 6.09 Å². The molecule has 2 N–H and O–H groups in total. The fraction of sp³-hybridized carbons (Fsp3) is 0.444. The standard InChI is InChI=1S/C18H26N2O3/c1-18(2,3)23-17(22)19-14-10-5-4-9-13-16(21)20-15-11-7-6-8-12-15/h6-9,11-13H,4-5,10,14H2,1-3H3,(H,19,22)(H,20,21)/b13-9+. The van der Waals surface area contributed by atoms with Crippen LogP contribution in [0.25, 0.3) is 0 Å². The summed E-state index contributed by atoms with van der Waals surface area (Å²) in [6, 6.07) is 9.33. The van der Waals surface area contributed by atoms with Crippen LogP contribution in [0.3, 0.4) is 0 Å². The number of para-hydroxylation sites is 1. The van der Waals surface area contributed by atoms with Gasteiger partial charge in [0.05, 0.1) is 0 Å². The summed E-state index contributed by atoms with van der Waals surface area (Å²) >= 11 is 0. The maximum absolute atomic E-state index is 11.7. The molecule has 0 aromatic heterocycles. The number of nitrogens with one attached hydrogen (secondary N) is 2. The minimum atomic E-state index is -0.473. The topological polar surface area (TPSA) is 67.4 Å². The van der Waals surface area contributed by atoms with Gasteiger partial charge in [0.25, 0.3) is 0 Å². The Morgan fingerprint density at radius 1 is 1.13 bits per heavy atom. The van der Waals surface area contributed by atoms with E-state index in [1.807, 2.05) is 57.2 Å². The molecule has 5 nitrogen and oxygen atoms in total. The molecule has 0 aliphatic carbocycles. The van der Waals surface area contributed by atoms with Gasteiger partial charge in [-0.25, -0.2) is 4.79 Å². The Balaban J connectivity index is 2.08. The van der Waals surface area contributed by atoms with E-state index in [0.29, 0.717) is 6.54 Å². The fourth-order valence-corrected chi connectivity index (χ4v) is 1.79. The van der Waals surface area contributed by atoms with E-state index in [9.17, 15) is 9.59 Å². The number of rotatable bonds is 7. The number of benzene rings is 1. The van der Waals surface area contributed by atoms with Crippen LogP contribution in [0.1, 0.15) is 40.0 Å². The van der Waals surface area contributed by atoms with E-state index in [1.54, 1.807) is 0 Å². The van der Waals surface area contributed by atoms with Crippen molar-refractivity contribution < 1.29 is 14.3 Å². The highest BCUT2D eigenvalue weighted by atomic mass is 16.6. The molecule has 0 saturated heterocycles. The third-order valence-electron chi connectivity index (χ3n) is 2.78. The van der Waals surface area contributed by atoms with E-state index < -0.39 is 11.7 Å². The van der Waals surface area contributed by atoms with E-state index in [1.165, 1.54) is 6.08 Å².